The van der Waals surface area contributed by atoms with Crippen LogP contribution in [0.4, 0.5) is 0 Å². The normalized spacial score (nSPS) is 17.9. The molecule has 1 heterocycles. The van der Waals surface area contributed by atoms with Crippen LogP contribution in [0.5, 0.6) is 0 Å². The van der Waals surface area contributed by atoms with Crippen molar-refractivity contribution in [1.29, 1.82) is 0 Å². The van der Waals surface area contributed by atoms with Gasteiger partial charge in [0.15, 0.2) is 0 Å². The van der Waals surface area contributed by atoms with E-state index in [1.165, 1.54) is 24.8 Å². The molecule has 0 radical (unpaired) electrons. The Labute approximate surface area is 118 Å². The summed E-state index contributed by atoms with van der Waals surface area (Å²) in [5.74, 6) is 0.426. The number of nitrogens with zero attached hydrogens (tertiary/aromatic N) is 1. The Morgan fingerprint density at radius 1 is 1.05 bits per heavy atom. The summed E-state index contributed by atoms with van der Waals surface area (Å²) >= 11 is 0. The van der Waals surface area contributed by atoms with Crippen LogP contribution in [-0.2, 0) is 0 Å². The molecule has 2 aromatic rings. The van der Waals surface area contributed by atoms with E-state index < -0.39 is 0 Å². The summed E-state index contributed by atoms with van der Waals surface area (Å²) in [6, 6.07) is 8.64. The number of pyridine rings is 1. The predicted octanol–water partition coefficient (Wildman–Crippen LogP) is 5.10. The van der Waals surface area contributed by atoms with Crippen LogP contribution in [0.3, 0.4) is 0 Å². The molecule has 1 nitrogen and oxygen atoms in total. The fourth-order valence-corrected chi connectivity index (χ4v) is 2.81. The molecule has 1 aromatic heterocycles. The topological polar surface area (TPSA) is 12.9 Å². The molecule has 0 N–H and O–H groups in total. The minimum atomic E-state index is 0.266. The summed E-state index contributed by atoms with van der Waals surface area (Å²) in [6.07, 6.45) is 7.88. The molecule has 98 valence electrons. The van der Waals surface area contributed by atoms with Gasteiger partial charge in [0, 0.05) is 11.8 Å². The van der Waals surface area contributed by atoms with Gasteiger partial charge < -0.3 is 0 Å². The number of hydrogen-bond acceptors (Lipinski definition) is 1. The van der Waals surface area contributed by atoms with Crippen LogP contribution in [0.25, 0.3) is 11.3 Å². The van der Waals surface area contributed by atoms with Gasteiger partial charge in [0.25, 0.3) is 0 Å². The first-order valence-electron chi connectivity index (χ1n) is 8.20. The highest BCUT2D eigenvalue weighted by molar-refractivity contribution is 5.59. The largest absolute Gasteiger partial charge is 0.256 e. The second kappa shape index (κ2) is 5.56. The molecular weight excluding hydrogens is 230 g/mol. The van der Waals surface area contributed by atoms with Crippen molar-refractivity contribution in [3.63, 3.8) is 0 Å². The molecule has 0 amide bonds. The number of rotatable bonds is 2. The lowest BCUT2D eigenvalue weighted by atomic mass is 9.85. The first-order chi connectivity index (χ1) is 10.2. The van der Waals surface area contributed by atoms with Crippen LogP contribution >= 0.6 is 0 Å². The third-order valence-electron chi connectivity index (χ3n) is 4.03. The van der Waals surface area contributed by atoms with Gasteiger partial charge in [-0.1, -0.05) is 55.1 Å². The van der Waals surface area contributed by atoms with E-state index in [1.54, 1.807) is 0 Å². The van der Waals surface area contributed by atoms with E-state index in [9.17, 15) is 0 Å². The van der Waals surface area contributed by atoms with E-state index in [1.807, 2.05) is 37.4 Å². The summed E-state index contributed by atoms with van der Waals surface area (Å²) in [7, 11) is 0. The van der Waals surface area contributed by atoms with Gasteiger partial charge >= 0.3 is 0 Å². The zero-order valence-electron chi connectivity index (χ0n) is 13.4. The average Bonchev–Trinajstić information content (AvgIpc) is 2.52. The van der Waals surface area contributed by atoms with Crippen LogP contribution in [0.2, 0.25) is 0 Å². The summed E-state index contributed by atoms with van der Waals surface area (Å²) in [4.78, 5) is 4.51. The molecular formula is C18H21N. The van der Waals surface area contributed by atoms with Crippen LogP contribution in [0.1, 0.15) is 51.9 Å². The third kappa shape index (κ3) is 2.86. The summed E-state index contributed by atoms with van der Waals surface area (Å²) in [5.41, 5.74) is 3.71. The SMILES string of the molecule is [2H]c1c(C2CCCCC2)cnc(-c2ccc(C)cc2)c1[2H]. The highest BCUT2D eigenvalue weighted by Crippen LogP contribution is 2.32. The Kier molecular flexibility index (Phi) is 2.98. The Morgan fingerprint density at radius 2 is 1.79 bits per heavy atom. The molecule has 19 heavy (non-hydrogen) atoms. The molecule has 0 bridgehead atoms. The van der Waals surface area contributed by atoms with Crippen LogP contribution < -0.4 is 0 Å². The molecule has 0 saturated heterocycles. The summed E-state index contributed by atoms with van der Waals surface area (Å²) < 4.78 is 16.6. The molecule has 1 aliphatic rings. The van der Waals surface area contributed by atoms with Gasteiger partial charge in [-0.3, -0.25) is 4.98 Å². The minimum absolute atomic E-state index is 0.266. The monoisotopic (exact) mass is 253 g/mol. The Balaban J connectivity index is 1.97. The van der Waals surface area contributed by atoms with Gasteiger partial charge in [-0.2, -0.15) is 0 Å². The lowest BCUT2D eigenvalue weighted by Gasteiger charge is -2.21. The van der Waals surface area contributed by atoms with E-state index in [2.05, 4.69) is 4.98 Å². The van der Waals surface area contributed by atoms with Crippen molar-refractivity contribution in [2.75, 3.05) is 0 Å². The maximum absolute atomic E-state index is 8.34. The summed E-state index contributed by atoms with van der Waals surface area (Å²) in [6.45, 7) is 2.04. The van der Waals surface area contributed by atoms with Crippen molar-refractivity contribution in [2.24, 2.45) is 0 Å². The number of hydrogen-bond donors (Lipinski definition) is 0. The summed E-state index contributed by atoms with van der Waals surface area (Å²) in [5, 5.41) is 0. The van der Waals surface area contributed by atoms with E-state index in [0.29, 0.717) is 17.7 Å². The first kappa shape index (κ1) is 10.2. The maximum atomic E-state index is 8.34. The first-order valence-corrected chi connectivity index (χ1v) is 7.20. The van der Waals surface area contributed by atoms with Crippen molar-refractivity contribution in [3.05, 3.63) is 53.7 Å². The second-order valence-electron chi connectivity index (χ2n) is 5.51. The number of aromatic nitrogens is 1. The van der Waals surface area contributed by atoms with Crippen LogP contribution in [0.15, 0.2) is 42.5 Å². The molecule has 1 aromatic carbocycles. The van der Waals surface area contributed by atoms with Gasteiger partial charge in [0.2, 0.25) is 0 Å². The molecule has 1 saturated carbocycles. The zero-order chi connectivity index (χ0) is 14.8. The second-order valence-corrected chi connectivity index (χ2v) is 5.51. The van der Waals surface area contributed by atoms with Gasteiger partial charge in [0.05, 0.1) is 8.44 Å². The van der Waals surface area contributed by atoms with E-state index >= 15 is 0 Å². The zero-order valence-corrected chi connectivity index (χ0v) is 11.4. The molecule has 0 spiro atoms. The number of aryl methyl sites for hydroxylation is 1. The Bertz CT molecular complexity index is 628. The van der Waals surface area contributed by atoms with Crippen molar-refractivity contribution >= 4 is 0 Å². The standard InChI is InChI=1S/C18H21N/c1-14-7-9-16(10-8-14)18-12-11-17(13-19-18)15-5-3-2-4-6-15/h7-13,15H,2-6H2,1H3/i11D,12D. The van der Waals surface area contributed by atoms with E-state index in [0.717, 1.165) is 24.0 Å². The van der Waals surface area contributed by atoms with Crippen LogP contribution in [0, 0.1) is 6.92 Å². The molecule has 0 aliphatic heterocycles. The molecule has 0 unspecified atom stereocenters. The lowest BCUT2D eigenvalue weighted by Crippen LogP contribution is -2.04. The quantitative estimate of drug-likeness (QED) is 0.725. The van der Waals surface area contributed by atoms with Gasteiger partial charge in [-0.25, -0.2) is 0 Å². The Hall–Kier alpha value is -1.63. The average molecular weight is 253 g/mol. The van der Waals surface area contributed by atoms with Gasteiger partial charge in [-0.05, 0) is 37.3 Å². The predicted molar refractivity (Wildman–Crippen MR) is 80.2 cm³/mol. The third-order valence-corrected chi connectivity index (χ3v) is 4.03. The number of benzene rings is 1. The van der Waals surface area contributed by atoms with Crippen molar-refractivity contribution in [3.8, 4) is 11.3 Å². The smallest absolute Gasteiger partial charge is 0.0702 e. The van der Waals surface area contributed by atoms with Crippen LogP contribution in [-0.4, -0.2) is 4.98 Å². The van der Waals surface area contributed by atoms with Gasteiger partial charge in [0.1, 0.15) is 0 Å². The van der Waals surface area contributed by atoms with E-state index in [-0.39, 0.29) is 6.04 Å². The van der Waals surface area contributed by atoms with Crippen molar-refractivity contribution < 1.29 is 2.74 Å². The molecule has 3 rings (SSSR count). The molecule has 0 atom stereocenters. The highest BCUT2D eigenvalue weighted by Gasteiger charge is 2.15. The fraction of sp³-hybridized carbons (Fsp3) is 0.389. The molecule has 1 heteroatoms. The van der Waals surface area contributed by atoms with Crippen molar-refractivity contribution in [2.45, 2.75) is 44.9 Å². The minimum Gasteiger partial charge on any atom is -0.256 e. The highest BCUT2D eigenvalue weighted by atomic mass is 14.7. The fourth-order valence-electron chi connectivity index (χ4n) is 2.81. The molecule has 1 fully saturated rings. The van der Waals surface area contributed by atoms with E-state index in [4.69, 9.17) is 2.74 Å². The molecule has 1 aliphatic carbocycles. The maximum Gasteiger partial charge on any atom is 0.0702 e. The lowest BCUT2D eigenvalue weighted by molar-refractivity contribution is 0.443. The van der Waals surface area contributed by atoms with Crippen molar-refractivity contribution in [1.82, 2.24) is 4.98 Å². The Morgan fingerprint density at radius 3 is 2.53 bits per heavy atom. The van der Waals surface area contributed by atoms with Gasteiger partial charge in [-0.15, -0.1) is 0 Å².